The Morgan fingerprint density at radius 2 is 1.86 bits per heavy atom. The molecule has 1 aromatic heterocycles. The van der Waals surface area contributed by atoms with Crippen LogP contribution in [-0.4, -0.2) is 22.7 Å². The largest absolute Gasteiger partial charge is 0.347 e. The fraction of sp³-hybridized carbons (Fsp3) is 0.556. The van der Waals surface area contributed by atoms with Crippen molar-refractivity contribution in [1.82, 2.24) is 9.66 Å². The van der Waals surface area contributed by atoms with E-state index in [2.05, 4.69) is 4.98 Å². The van der Waals surface area contributed by atoms with Crippen LogP contribution in [0.5, 0.6) is 0 Å². The van der Waals surface area contributed by atoms with Gasteiger partial charge in [-0.05, 0) is 19.3 Å². The van der Waals surface area contributed by atoms with Crippen molar-refractivity contribution in [1.29, 1.82) is 0 Å². The van der Waals surface area contributed by atoms with E-state index in [0.29, 0.717) is 0 Å². The molecule has 0 bridgehead atoms. The number of piperidine rings is 1. The molecule has 0 aromatic carbocycles. The summed E-state index contributed by atoms with van der Waals surface area (Å²) in [5, 5.41) is 1.96. The van der Waals surface area contributed by atoms with E-state index in [4.69, 9.17) is 0 Å². The van der Waals surface area contributed by atoms with Gasteiger partial charge in [-0.2, -0.15) is 0 Å². The maximum absolute atomic E-state index is 11.4. The van der Waals surface area contributed by atoms with Gasteiger partial charge in [0.25, 0.3) is 5.56 Å². The van der Waals surface area contributed by atoms with Crippen molar-refractivity contribution >= 4 is 0 Å². The van der Waals surface area contributed by atoms with Gasteiger partial charge in [-0.1, -0.05) is 0 Å². The summed E-state index contributed by atoms with van der Waals surface area (Å²) < 4.78 is 1.49. The molecule has 0 radical (unpaired) electrons. The predicted molar refractivity (Wildman–Crippen MR) is 53.1 cm³/mol. The molecule has 1 aliphatic heterocycles. The molecule has 0 spiro atoms. The second-order valence-electron chi connectivity index (χ2n) is 3.47. The summed E-state index contributed by atoms with van der Waals surface area (Å²) >= 11 is 0. The van der Waals surface area contributed by atoms with Crippen LogP contribution < -0.4 is 16.3 Å². The first-order chi connectivity index (χ1) is 6.77. The molecule has 5 nitrogen and oxygen atoms in total. The molecule has 0 amide bonds. The molecule has 76 valence electrons. The Kier molecular flexibility index (Phi) is 2.39. The number of nitrogens with zero attached hydrogens (tertiary/aromatic N) is 2. The first-order valence-corrected chi connectivity index (χ1v) is 4.84. The van der Waals surface area contributed by atoms with Crippen LogP contribution in [-0.2, 0) is 0 Å². The van der Waals surface area contributed by atoms with E-state index in [1.165, 1.54) is 23.4 Å². The van der Waals surface area contributed by atoms with Crippen molar-refractivity contribution in [3.8, 4) is 0 Å². The van der Waals surface area contributed by atoms with Crippen LogP contribution in [0.1, 0.15) is 19.3 Å². The first kappa shape index (κ1) is 9.05. The van der Waals surface area contributed by atoms with Gasteiger partial charge in [0.2, 0.25) is 0 Å². The maximum Gasteiger partial charge on any atom is 0.347 e. The molecule has 5 heteroatoms. The van der Waals surface area contributed by atoms with Crippen molar-refractivity contribution < 1.29 is 0 Å². The number of hydrogen-bond donors (Lipinski definition) is 1. The molecule has 1 fully saturated rings. The van der Waals surface area contributed by atoms with Gasteiger partial charge in [-0.15, -0.1) is 0 Å². The average Bonchev–Trinajstić information content (AvgIpc) is 2.19. The van der Waals surface area contributed by atoms with Crippen molar-refractivity contribution in [2.75, 3.05) is 18.1 Å². The Bertz CT molecular complexity index is 415. The minimum absolute atomic E-state index is 0.344. The molecule has 2 rings (SSSR count). The predicted octanol–water partition coefficient (Wildman–Crippen LogP) is -0.341. The Labute approximate surface area is 81.0 Å². The normalized spacial score (nSPS) is 17.0. The Morgan fingerprint density at radius 3 is 2.50 bits per heavy atom. The SMILES string of the molecule is O=c1ccn(N2CCCCC2)c(=O)[nH]1. The van der Waals surface area contributed by atoms with Crippen molar-refractivity contribution in [2.45, 2.75) is 19.3 Å². The highest BCUT2D eigenvalue weighted by Gasteiger charge is 2.11. The zero-order chi connectivity index (χ0) is 9.97. The van der Waals surface area contributed by atoms with Gasteiger partial charge in [-0.25, -0.2) is 9.47 Å². The monoisotopic (exact) mass is 195 g/mol. The minimum atomic E-state index is -0.348. The second kappa shape index (κ2) is 3.69. The molecule has 2 heterocycles. The molecular formula is C9H13N3O2. The van der Waals surface area contributed by atoms with Crippen LogP contribution in [0.4, 0.5) is 0 Å². The average molecular weight is 195 g/mol. The molecule has 14 heavy (non-hydrogen) atoms. The summed E-state index contributed by atoms with van der Waals surface area (Å²) in [6.07, 6.45) is 4.96. The van der Waals surface area contributed by atoms with Crippen molar-refractivity contribution in [3.05, 3.63) is 33.1 Å². The number of H-pyrrole nitrogens is 1. The molecule has 0 saturated carbocycles. The van der Waals surface area contributed by atoms with E-state index in [0.717, 1.165) is 25.9 Å². The van der Waals surface area contributed by atoms with Crippen molar-refractivity contribution in [3.63, 3.8) is 0 Å². The van der Waals surface area contributed by atoms with Crippen LogP contribution in [0.15, 0.2) is 21.9 Å². The Morgan fingerprint density at radius 1 is 1.14 bits per heavy atom. The second-order valence-corrected chi connectivity index (χ2v) is 3.47. The van der Waals surface area contributed by atoms with Crippen LogP contribution in [0.3, 0.4) is 0 Å². The van der Waals surface area contributed by atoms with Gasteiger partial charge < -0.3 is 5.01 Å². The minimum Gasteiger partial charge on any atom is -0.309 e. The van der Waals surface area contributed by atoms with Crippen LogP contribution in [0.2, 0.25) is 0 Å². The summed E-state index contributed by atoms with van der Waals surface area (Å²) in [5.41, 5.74) is -0.692. The summed E-state index contributed by atoms with van der Waals surface area (Å²) in [7, 11) is 0. The Balaban J connectivity index is 2.31. The van der Waals surface area contributed by atoms with E-state index >= 15 is 0 Å². The highest BCUT2D eigenvalue weighted by Crippen LogP contribution is 2.05. The van der Waals surface area contributed by atoms with Crippen LogP contribution >= 0.6 is 0 Å². The lowest BCUT2D eigenvalue weighted by Crippen LogP contribution is -2.47. The van der Waals surface area contributed by atoms with E-state index in [1.807, 2.05) is 5.01 Å². The lowest BCUT2D eigenvalue weighted by atomic mass is 10.2. The third-order valence-electron chi connectivity index (χ3n) is 2.44. The summed E-state index contributed by atoms with van der Waals surface area (Å²) in [6, 6.07) is 1.37. The molecule has 0 unspecified atom stereocenters. The number of rotatable bonds is 1. The summed E-state index contributed by atoms with van der Waals surface area (Å²) in [5.74, 6) is 0. The van der Waals surface area contributed by atoms with Gasteiger partial charge in [0, 0.05) is 25.4 Å². The van der Waals surface area contributed by atoms with Gasteiger partial charge in [-0.3, -0.25) is 9.78 Å². The number of nitrogens with one attached hydrogen (secondary N) is 1. The maximum atomic E-state index is 11.4. The van der Waals surface area contributed by atoms with Crippen LogP contribution in [0.25, 0.3) is 0 Å². The third kappa shape index (κ3) is 1.71. The van der Waals surface area contributed by atoms with E-state index < -0.39 is 0 Å². The zero-order valence-corrected chi connectivity index (χ0v) is 7.90. The lowest BCUT2D eigenvalue weighted by molar-refractivity contribution is 0.463. The molecule has 1 N–H and O–H groups in total. The topological polar surface area (TPSA) is 58.1 Å². The lowest BCUT2D eigenvalue weighted by Gasteiger charge is -2.29. The smallest absolute Gasteiger partial charge is 0.309 e. The highest BCUT2D eigenvalue weighted by atomic mass is 16.2. The first-order valence-electron chi connectivity index (χ1n) is 4.84. The van der Waals surface area contributed by atoms with Gasteiger partial charge in [0.1, 0.15) is 0 Å². The van der Waals surface area contributed by atoms with Gasteiger partial charge >= 0.3 is 5.69 Å². The van der Waals surface area contributed by atoms with Gasteiger partial charge in [0.15, 0.2) is 0 Å². The van der Waals surface area contributed by atoms with Gasteiger partial charge in [0.05, 0.1) is 0 Å². The van der Waals surface area contributed by atoms with Crippen molar-refractivity contribution in [2.24, 2.45) is 0 Å². The van der Waals surface area contributed by atoms with E-state index in [9.17, 15) is 9.59 Å². The molecular weight excluding hydrogens is 182 g/mol. The fourth-order valence-corrected chi connectivity index (χ4v) is 1.73. The molecule has 0 aliphatic carbocycles. The van der Waals surface area contributed by atoms with E-state index in [1.54, 1.807) is 0 Å². The zero-order valence-electron chi connectivity index (χ0n) is 7.90. The number of aromatic amines is 1. The number of aromatic nitrogens is 2. The van der Waals surface area contributed by atoms with Crippen LogP contribution in [0, 0.1) is 0 Å². The Hall–Kier alpha value is -1.52. The third-order valence-corrected chi connectivity index (χ3v) is 2.44. The molecule has 1 saturated heterocycles. The standard InChI is InChI=1S/C9H13N3O2/c13-8-4-7-12(9(14)10-8)11-5-2-1-3-6-11/h4,7H,1-3,5-6H2,(H,10,13,14). The molecule has 1 aliphatic rings. The highest BCUT2D eigenvalue weighted by molar-refractivity contribution is 4.93. The summed E-state index contributed by atoms with van der Waals surface area (Å²) in [4.78, 5) is 24.5. The number of hydrogen-bond acceptors (Lipinski definition) is 3. The van der Waals surface area contributed by atoms with E-state index in [-0.39, 0.29) is 11.2 Å². The molecule has 0 atom stereocenters. The summed E-state index contributed by atoms with van der Waals surface area (Å²) in [6.45, 7) is 1.76. The molecule has 1 aromatic rings. The quantitative estimate of drug-likeness (QED) is 0.667. The fourth-order valence-electron chi connectivity index (χ4n) is 1.73.